The number of aryl methyl sites for hydroxylation is 2. The van der Waals surface area contributed by atoms with Gasteiger partial charge in [0.05, 0.1) is 0 Å². The molecule has 0 spiro atoms. The summed E-state index contributed by atoms with van der Waals surface area (Å²) in [7, 11) is 3.66. The molecule has 1 aromatic carbocycles. The maximum atomic E-state index is 12.4. The van der Waals surface area contributed by atoms with Crippen molar-refractivity contribution in [3.8, 4) is 0 Å². The first-order chi connectivity index (χ1) is 9.06. The fourth-order valence-corrected chi connectivity index (χ4v) is 2.14. The Labute approximate surface area is 113 Å². The zero-order valence-electron chi connectivity index (χ0n) is 11.9. The van der Waals surface area contributed by atoms with E-state index in [1.165, 1.54) is 0 Å². The SMILES string of the molecule is CNCCN(C)C(=O)c1oc2c(C)cccc2c1C. The maximum absolute atomic E-state index is 12.4. The average molecular weight is 260 g/mol. The number of carbonyl (C=O) groups is 1. The highest BCUT2D eigenvalue weighted by atomic mass is 16.3. The van der Waals surface area contributed by atoms with Crippen molar-refractivity contribution in [3.63, 3.8) is 0 Å². The van der Waals surface area contributed by atoms with Crippen molar-refractivity contribution in [3.05, 3.63) is 35.1 Å². The lowest BCUT2D eigenvalue weighted by Gasteiger charge is -2.15. The van der Waals surface area contributed by atoms with Crippen molar-refractivity contribution in [1.29, 1.82) is 0 Å². The van der Waals surface area contributed by atoms with Crippen LogP contribution in [0.1, 0.15) is 21.7 Å². The Hall–Kier alpha value is -1.81. The van der Waals surface area contributed by atoms with Gasteiger partial charge in [-0.2, -0.15) is 0 Å². The van der Waals surface area contributed by atoms with Crippen molar-refractivity contribution in [2.45, 2.75) is 13.8 Å². The molecular weight excluding hydrogens is 240 g/mol. The average Bonchev–Trinajstić information content (AvgIpc) is 2.74. The Balaban J connectivity index is 2.37. The maximum Gasteiger partial charge on any atom is 0.289 e. The highest BCUT2D eigenvalue weighted by Crippen LogP contribution is 2.28. The standard InChI is InChI=1S/C15H20N2O2/c1-10-6-5-7-12-11(2)14(19-13(10)12)15(18)17(4)9-8-16-3/h5-7,16H,8-9H2,1-4H3. The Morgan fingerprint density at radius 1 is 1.37 bits per heavy atom. The molecule has 2 rings (SSSR count). The summed E-state index contributed by atoms with van der Waals surface area (Å²) in [6, 6.07) is 5.97. The molecule has 0 saturated carbocycles. The van der Waals surface area contributed by atoms with Crippen molar-refractivity contribution in [2.75, 3.05) is 27.2 Å². The number of fused-ring (bicyclic) bond motifs is 1. The van der Waals surface area contributed by atoms with Crippen LogP contribution in [0.25, 0.3) is 11.0 Å². The molecule has 102 valence electrons. The molecule has 1 aromatic heterocycles. The van der Waals surface area contributed by atoms with Gasteiger partial charge in [0.1, 0.15) is 5.58 Å². The van der Waals surface area contributed by atoms with Crippen LogP contribution in [0.15, 0.2) is 22.6 Å². The summed E-state index contributed by atoms with van der Waals surface area (Å²) in [5.74, 6) is 0.381. The van der Waals surface area contributed by atoms with E-state index < -0.39 is 0 Å². The fourth-order valence-electron chi connectivity index (χ4n) is 2.14. The number of nitrogens with one attached hydrogen (secondary N) is 1. The van der Waals surface area contributed by atoms with Crippen molar-refractivity contribution < 1.29 is 9.21 Å². The molecule has 0 unspecified atom stereocenters. The molecule has 4 nitrogen and oxygen atoms in total. The van der Waals surface area contributed by atoms with Crippen LogP contribution in [0.5, 0.6) is 0 Å². The minimum Gasteiger partial charge on any atom is -0.450 e. The van der Waals surface area contributed by atoms with Gasteiger partial charge in [-0.1, -0.05) is 18.2 Å². The van der Waals surface area contributed by atoms with Gasteiger partial charge in [-0.15, -0.1) is 0 Å². The largest absolute Gasteiger partial charge is 0.450 e. The molecule has 19 heavy (non-hydrogen) atoms. The van der Waals surface area contributed by atoms with Crippen molar-refractivity contribution in [2.24, 2.45) is 0 Å². The Bertz CT molecular complexity index is 601. The Kier molecular flexibility index (Phi) is 3.90. The lowest BCUT2D eigenvalue weighted by atomic mass is 10.1. The molecule has 0 atom stereocenters. The van der Waals surface area contributed by atoms with Gasteiger partial charge >= 0.3 is 0 Å². The van der Waals surface area contributed by atoms with Crippen LogP contribution >= 0.6 is 0 Å². The quantitative estimate of drug-likeness (QED) is 0.917. The second-order valence-corrected chi connectivity index (χ2v) is 4.84. The number of nitrogens with zero attached hydrogens (tertiary/aromatic N) is 1. The predicted octanol–water partition coefficient (Wildman–Crippen LogP) is 2.34. The molecular formula is C15H20N2O2. The third-order valence-corrected chi connectivity index (χ3v) is 3.40. The number of furan rings is 1. The molecule has 0 fully saturated rings. The van der Waals surface area contributed by atoms with Crippen LogP contribution in [0.2, 0.25) is 0 Å². The van der Waals surface area contributed by atoms with Crippen LogP contribution in [0, 0.1) is 13.8 Å². The number of likely N-dealkylation sites (N-methyl/N-ethyl adjacent to an activating group) is 2. The highest BCUT2D eigenvalue weighted by Gasteiger charge is 2.21. The lowest BCUT2D eigenvalue weighted by molar-refractivity contribution is 0.0767. The second kappa shape index (κ2) is 5.45. The molecule has 0 aliphatic heterocycles. The Morgan fingerprint density at radius 2 is 2.11 bits per heavy atom. The van der Waals surface area contributed by atoms with Gasteiger partial charge in [0.25, 0.3) is 5.91 Å². The van der Waals surface area contributed by atoms with E-state index in [0.29, 0.717) is 12.3 Å². The van der Waals surface area contributed by atoms with Crippen LogP contribution < -0.4 is 5.32 Å². The van der Waals surface area contributed by atoms with Crippen molar-refractivity contribution >= 4 is 16.9 Å². The van der Waals surface area contributed by atoms with E-state index >= 15 is 0 Å². The van der Waals surface area contributed by atoms with E-state index in [4.69, 9.17) is 4.42 Å². The number of carbonyl (C=O) groups excluding carboxylic acids is 1. The number of benzene rings is 1. The summed E-state index contributed by atoms with van der Waals surface area (Å²) in [5.41, 5.74) is 2.78. The summed E-state index contributed by atoms with van der Waals surface area (Å²) in [6.07, 6.45) is 0. The van der Waals surface area contributed by atoms with Gasteiger partial charge in [-0.25, -0.2) is 0 Å². The summed E-state index contributed by atoms with van der Waals surface area (Å²) < 4.78 is 5.78. The molecule has 1 N–H and O–H groups in total. The summed E-state index contributed by atoms with van der Waals surface area (Å²) in [4.78, 5) is 14.0. The molecule has 0 aliphatic rings. The van der Waals surface area contributed by atoms with E-state index in [1.807, 2.05) is 39.1 Å². The fraction of sp³-hybridized carbons (Fsp3) is 0.400. The molecule has 0 aliphatic carbocycles. The topological polar surface area (TPSA) is 45.5 Å². The number of hydrogen-bond donors (Lipinski definition) is 1. The third-order valence-electron chi connectivity index (χ3n) is 3.40. The number of amides is 1. The number of para-hydroxylation sites is 1. The first-order valence-corrected chi connectivity index (χ1v) is 6.45. The second-order valence-electron chi connectivity index (χ2n) is 4.84. The molecule has 1 heterocycles. The van der Waals surface area contributed by atoms with Crippen LogP contribution in [0.3, 0.4) is 0 Å². The lowest BCUT2D eigenvalue weighted by Crippen LogP contribution is -2.32. The molecule has 0 bridgehead atoms. The predicted molar refractivity (Wildman–Crippen MR) is 76.6 cm³/mol. The summed E-state index contributed by atoms with van der Waals surface area (Å²) in [6.45, 7) is 5.35. The minimum atomic E-state index is -0.0663. The van der Waals surface area contributed by atoms with Gasteiger partial charge in [0, 0.05) is 31.1 Å². The van der Waals surface area contributed by atoms with E-state index in [0.717, 1.165) is 28.6 Å². The van der Waals surface area contributed by atoms with E-state index in [-0.39, 0.29) is 5.91 Å². The zero-order valence-corrected chi connectivity index (χ0v) is 11.9. The molecule has 0 radical (unpaired) electrons. The minimum absolute atomic E-state index is 0.0663. The Morgan fingerprint density at radius 3 is 2.74 bits per heavy atom. The molecule has 0 saturated heterocycles. The van der Waals surface area contributed by atoms with Gasteiger partial charge in [0.15, 0.2) is 5.76 Å². The summed E-state index contributed by atoms with van der Waals surface area (Å²) in [5, 5.41) is 4.05. The molecule has 1 amide bonds. The monoisotopic (exact) mass is 260 g/mol. The molecule has 4 heteroatoms. The zero-order chi connectivity index (χ0) is 14.0. The van der Waals surface area contributed by atoms with E-state index in [1.54, 1.807) is 11.9 Å². The van der Waals surface area contributed by atoms with Gasteiger partial charge < -0.3 is 14.6 Å². The molecule has 2 aromatic rings. The highest BCUT2D eigenvalue weighted by molar-refractivity contribution is 5.99. The van der Waals surface area contributed by atoms with Gasteiger partial charge in [0.2, 0.25) is 0 Å². The number of hydrogen-bond acceptors (Lipinski definition) is 3. The van der Waals surface area contributed by atoms with E-state index in [2.05, 4.69) is 5.32 Å². The van der Waals surface area contributed by atoms with Crippen LogP contribution in [-0.4, -0.2) is 38.0 Å². The van der Waals surface area contributed by atoms with Crippen molar-refractivity contribution in [1.82, 2.24) is 10.2 Å². The summed E-state index contributed by atoms with van der Waals surface area (Å²) >= 11 is 0. The van der Waals surface area contributed by atoms with E-state index in [9.17, 15) is 4.79 Å². The first kappa shape index (κ1) is 13.6. The van der Waals surface area contributed by atoms with Gasteiger partial charge in [-0.05, 0) is 26.5 Å². The van der Waals surface area contributed by atoms with Crippen LogP contribution in [-0.2, 0) is 0 Å². The van der Waals surface area contributed by atoms with Gasteiger partial charge in [-0.3, -0.25) is 4.79 Å². The smallest absolute Gasteiger partial charge is 0.289 e. The first-order valence-electron chi connectivity index (χ1n) is 6.45. The third kappa shape index (κ3) is 2.49. The number of rotatable bonds is 4. The normalized spacial score (nSPS) is 10.9. The van der Waals surface area contributed by atoms with Crippen LogP contribution in [0.4, 0.5) is 0 Å².